The number of amides is 1. The summed E-state index contributed by atoms with van der Waals surface area (Å²) in [4.78, 5) is 38.1. The Balaban J connectivity index is 1.12. The number of rotatable bonds is 5. The largest absolute Gasteiger partial charge is 0.454 e. The molecule has 0 bridgehead atoms. The number of carbonyl (C=O) groups excluding carboxylic acids is 3. The van der Waals surface area contributed by atoms with Gasteiger partial charge in [-0.2, -0.15) is 0 Å². The van der Waals surface area contributed by atoms with Crippen molar-refractivity contribution < 1.29 is 28.3 Å². The van der Waals surface area contributed by atoms with Crippen molar-refractivity contribution in [3.05, 3.63) is 82.9 Å². The second-order valence-electron chi connectivity index (χ2n) is 7.74. The lowest BCUT2D eigenvalue weighted by Gasteiger charge is -2.18. The Morgan fingerprint density at radius 2 is 1.60 bits per heavy atom. The summed E-state index contributed by atoms with van der Waals surface area (Å²) in [5.41, 5.74) is 2.43. The number of benzene rings is 3. The predicted molar refractivity (Wildman–Crippen MR) is 125 cm³/mol. The van der Waals surface area contributed by atoms with E-state index < -0.39 is 0 Å². The Labute approximate surface area is 202 Å². The maximum atomic E-state index is 12.9. The minimum Gasteiger partial charge on any atom is -0.454 e. The summed E-state index contributed by atoms with van der Waals surface area (Å²) < 4.78 is 16.3. The summed E-state index contributed by atoms with van der Waals surface area (Å²) in [6, 6.07) is 16.7. The van der Waals surface area contributed by atoms with Gasteiger partial charge in [0, 0.05) is 33.5 Å². The molecule has 0 spiro atoms. The number of nitrogens with zero attached hydrogens (tertiary/aromatic N) is 2. The number of carbonyl (C=O) groups is 3. The number of thioether (sulfide) groups is 1. The number of ketones is 2. The molecule has 35 heavy (non-hydrogen) atoms. The zero-order valence-corrected chi connectivity index (χ0v) is 18.8. The molecule has 2 aliphatic rings. The highest BCUT2D eigenvalue weighted by Crippen LogP contribution is 2.36. The van der Waals surface area contributed by atoms with E-state index in [1.54, 1.807) is 54.6 Å². The summed E-state index contributed by atoms with van der Waals surface area (Å²) >= 11 is 1.08. The highest BCUT2D eigenvalue weighted by atomic mass is 32.2. The van der Waals surface area contributed by atoms with Crippen LogP contribution in [0.3, 0.4) is 0 Å². The van der Waals surface area contributed by atoms with Crippen LogP contribution in [-0.4, -0.2) is 40.2 Å². The van der Waals surface area contributed by atoms with Crippen LogP contribution < -0.4 is 14.8 Å². The highest BCUT2D eigenvalue weighted by Gasteiger charge is 2.29. The first-order valence-electron chi connectivity index (χ1n) is 10.6. The summed E-state index contributed by atoms with van der Waals surface area (Å²) in [6.07, 6.45) is 0. The normalized spacial score (nSPS) is 13.4. The zero-order chi connectivity index (χ0) is 23.9. The van der Waals surface area contributed by atoms with Crippen molar-refractivity contribution in [2.45, 2.75) is 5.22 Å². The maximum Gasteiger partial charge on any atom is 0.277 e. The monoisotopic (exact) mass is 485 g/mol. The first-order valence-corrected chi connectivity index (χ1v) is 11.5. The van der Waals surface area contributed by atoms with Gasteiger partial charge in [-0.1, -0.05) is 36.0 Å². The minimum absolute atomic E-state index is 0.00949. The third-order valence-electron chi connectivity index (χ3n) is 5.56. The molecule has 1 aliphatic carbocycles. The van der Waals surface area contributed by atoms with Crippen molar-refractivity contribution >= 4 is 34.9 Å². The maximum absolute atomic E-state index is 12.9. The molecule has 0 atom stereocenters. The van der Waals surface area contributed by atoms with Crippen LogP contribution in [0.25, 0.3) is 11.5 Å². The summed E-state index contributed by atoms with van der Waals surface area (Å²) in [7, 11) is 0. The van der Waals surface area contributed by atoms with Gasteiger partial charge in [0.15, 0.2) is 23.1 Å². The number of aromatic nitrogens is 2. The van der Waals surface area contributed by atoms with Crippen molar-refractivity contribution in [2.75, 3.05) is 17.9 Å². The standard InChI is InChI=1S/C25H15N3O6S/c29-21(11-35-25-28-27-24(34-25)13-5-8-19-20(9-13)33-12-32-19)26-14-6-7-17-18(10-14)23(31)16-4-2-1-3-15(16)22(17)30/h1-10H,11-12H2,(H,26,29). The number of hydrogen-bond donors (Lipinski definition) is 1. The third kappa shape index (κ3) is 3.83. The van der Waals surface area contributed by atoms with Crippen molar-refractivity contribution in [3.8, 4) is 23.0 Å². The Morgan fingerprint density at radius 1 is 0.857 bits per heavy atom. The van der Waals surface area contributed by atoms with Crippen LogP contribution in [0.4, 0.5) is 5.69 Å². The molecule has 6 rings (SSSR count). The van der Waals surface area contributed by atoms with Crippen LogP contribution in [0, 0.1) is 0 Å². The molecule has 1 aliphatic heterocycles. The number of anilines is 1. The average Bonchev–Trinajstić information content (AvgIpc) is 3.55. The van der Waals surface area contributed by atoms with E-state index in [9.17, 15) is 14.4 Å². The Hall–Kier alpha value is -4.44. The molecule has 0 radical (unpaired) electrons. The molecule has 4 aromatic rings. The van der Waals surface area contributed by atoms with Gasteiger partial charge in [-0.3, -0.25) is 14.4 Å². The number of ether oxygens (including phenoxy) is 2. The summed E-state index contributed by atoms with van der Waals surface area (Å²) in [5.74, 6) is 0.772. The van der Waals surface area contributed by atoms with Gasteiger partial charge in [-0.25, -0.2) is 0 Å². The Bertz CT molecular complexity index is 1530. The first kappa shape index (κ1) is 21.1. The van der Waals surface area contributed by atoms with Crippen LogP contribution >= 0.6 is 11.8 Å². The molecular formula is C25H15N3O6S. The smallest absolute Gasteiger partial charge is 0.277 e. The highest BCUT2D eigenvalue weighted by molar-refractivity contribution is 7.99. The quantitative estimate of drug-likeness (QED) is 0.369. The van der Waals surface area contributed by atoms with E-state index in [0.717, 1.165) is 11.8 Å². The lowest BCUT2D eigenvalue weighted by atomic mass is 9.84. The molecule has 9 nitrogen and oxygen atoms in total. The molecule has 1 aromatic heterocycles. The van der Waals surface area contributed by atoms with E-state index >= 15 is 0 Å². The summed E-state index contributed by atoms with van der Waals surface area (Å²) in [5, 5.41) is 11.0. The van der Waals surface area contributed by atoms with E-state index in [4.69, 9.17) is 13.9 Å². The molecule has 0 saturated carbocycles. The van der Waals surface area contributed by atoms with Crippen molar-refractivity contribution in [2.24, 2.45) is 0 Å². The fraction of sp³-hybridized carbons (Fsp3) is 0.0800. The topological polar surface area (TPSA) is 121 Å². The van der Waals surface area contributed by atoms with Gasteiger partial charge in [-0.05, 0) is 36.4 Å². The minimum atomic E-state index is -0.326. The van der Waals surface area contributed by atoms with Crippen molar-refractivity contribution in [1.82, 2.24) is 10.2 Å². The van der Waals surface area contributed by atoms with Crippen molar-refractivity contribution in [1.29, 1.82) is 0 Å². The van der Waals surface area contributed by atoms with Crippen molar-refractivity contribution in [3.63, 3.8) is 0 Å². The van der Waals surface area contributed by atoms with E-state index in [1.165, 1.54) is 6.07 Å². The van der Waals surface area contributed by atoms with Gasteiger partial charge in [-0.15, -0.1) is 10.2 Å². The zero-order valence-electron chi connectivity index (χ0n) is 17.9. The molecule has 0 fully saturated rings. The second-order valence-corrected chi connectivity index (χ2v) is 8.67. The number of nitrogens with one attached hydrogen (secondary N) is 1. The third-order valence-corrected chi connectivity index (χ3v) is 6.38. The van der Waals surface area contributed by atoms with Crippen LogP contribution in [-0.2, 0) is 4.79 Å². The molecule has 2 heterocycles. The average molecular weight is 485 g/mol. The van der Waals surface area contributed by atoms with E-state index in [0.29, 0.717) is 45.3 Å². The Morgan fingerprint density at radius 3 is 2.43 bits per heavy atom. The predicted octanol–water partition coefficient (Wildman–Crippen LogP) is 3.97. The molecule has 172 valence electrons. The SMILES string of the molecule is O=C(CSc1nnc(-c2ccc3c(c2)OCO3)o1)Nc1ccc2c(c1)C(=O)c1ccccc1C2=O. The van der Waals surface area contributed by atoms with Crippen LogP contribution in [0.5, 0.6) is 11.5 Å². The lowest BCUT2D eigenvalue weighted by molar-refractivity contribution is -0.113. The Kier molecular flexibility index (Phi) is 5.07. The van der Waals surface area contributed by atoms with Gasteiger partial charge in [0.05, 0.1) is 5.75 Å². The molecular weight excluding hydrogens is 470 g/mol. The van der Waals surface area contributed by atoms with Crippen LogP contribution in [0.1, 0.15) is 31.8 Å². The van der Waals surface area contributed by atoms with Gasteiger partial charge in [0.2, 0.25) is 18.6 Å². The molecule has 1 amide bonds. The van der Waals surface area contributed by atoms with Gasteiger partial charge in [0.1, 0.15) is 0 Å². The number of hydrogen-bond acceptors (Lipinski definition) is 9. The molecule has 1 N–H and O–H groups in total. The van der Waals surface area contributed by atoms with Gasteiger partial charge >= 0.3 is 0 Å². The lowest BCUT2D eigenvalue weighted by Crippen LogP contribution is -2.21. The van der Waals surface area contributed by atoms with Gasteiger partial charge < -0.3 is 19.2 Å². The summed E-state index contributed by atoms with van der Waals surface area (Å²) in [6.45, 7) is 0.167. The molecule has 10 heteroatoms. The van der Waals surface area contributed by atoms with Crippen LogP contribution in [0.2, 0.25) is 0 Å². The number of fused-ring (bicyclic) bond motifs is 3. The van der Waals surface area contributed by atoms with E-state index in [2.05, 4.69) is 15.5 Å². The first-order chi connectivity index (χ1) is 17.1. The van der Waals surface area contributed by atoms with E-state index in [1.807, 2.05) is 0 Å². The molecule has 0 saturated heterocycles. The second kappa shape index (κ2) is 8.41. The molecule has 0 unspecified atom stereocenters. The fourth-order valence-corrected chi connectivity index (χ4v) is 4.48. The van der Waals surface area contributed by atoms with Crippen LogP contribution in [0.15, 0.2) is 70.3 Å². The molecule has 3 aromatic carbocycles. The van der Waals surface area contributed by atoms with E-state index in [-0.39, 0.29) is 40.8 Å². The van der Waals surface area contributed by atoms with Gasteiger partial charge in [0.25, 0.3) is 5.22 Å². The fourth-order valence-electron chi connectivity index (χ4n) is 3.92.